The number of anilines is 1. The standard InChI is InChI=1S/C14H11ClN2O3/c1-8-7-9(4-5-10(8)14(19)20)17-13(18)11-3-2-6-16-12(11)15/h2-7H,1H3,(H,17,18)(H,19,20). The van der Waals surface area contributed by atoms with Gasteiger partial charge in [0, 0.05) is 11.9 Å². The Morgan fingerprint density at radius 2 is 2.00 bits per heavy atom. The lowest BCUT2D eigenvalue weighted by molar-refractivity contribution is 0.0696. The van der Waals surface area contributed by atoms with Crippen LogP contribution in [0.1, 0.15) is 26.3 Å². The number of pyridine rings is 1. The molecular formula is C14H11ClN2O3. The number of hydrogen-bond acceptors (Lipinski definition) is 3. The first-order valence-corrected chi connectivity index (χ1v) is 6.12. The molecule has 0 radical (unpaired) electrons. The van der Waals surface area contributed by atoms with Gasteiger partial charge >= 0.3 is 5.97 Å². The lowest BCUT2D eigenvalue weighted by Crippen LogP contribution is -2.13. The third-order valence-electron chi connectivity index (χ3n) is 2.72. The van der Waals surface area contributed by atoms with E-state index in [0.717, 1.165) is 0 Å². The Labute approximate surface area is 120 Å². The number of carboxylic acid groups (broad SMARTS) is 1. The molecule has 1 heterocycles. The number of benzene rings is 1. The zero-order valence-electron chi connectivity index (χ0n) is 10.6. The molecule has 0 spiro atoms. The van der Waals surface area contributed by atoms with Crippen LogP contribution < -0.4 is 5.32 Å². The fraction of sp³-hybridized carbons (Fsp3) is 0.0714. The third-order valence-corrected chi connectivity index (χ3v) is 3.02. The molecule has 1 amide bonds. The maximum atomic E-state index is 12.0. The molecule has 0 aliphatic heterocycles. The molecule has 2 aromatic rings. The summed E-state index contributed by atoms with van der Waals surface area (Å²) in [5.74, 6) is -1.40. The van der Waals surface area contributed by atoms with E-state index in [2.05, 4.69) is 10.3 Å². The van der Waals surface area contributed by atoms with Gasteiger partial charge in [-0.25, -0.2) is 9.78 Å². The molecule has 0 atom stereocenters. The van der Waals surface area contributed by atoms with Crippen LogP contribution in [0.4, 0.5) is 5.69 Å². The van der Waals surface area contributed by atoms with Crippen molar-refractivity contribution in [1.82, 2.24) is 4.98 Å². The lowest BCUT2D eigenvalue weighted by atomic mass is 10.1. The number of carbonyl (C=O) groups excluding carboxylic acids is 1. The highest BCUT2D eigenvalue weighted by atomic mass is 35.5. The summed E-state index contributed by atoms with van der Waals surface area (Å²) in [6.45, 7) is 1.66. The number of carboxylic acids is 1. The minimum absolute atomic E-state index is 0.115. The van der Waals surface area contributed by atoms with Crippen LogP contribution in [-0.4, -0.2) is 22.0 Å². The maximum absolute atomic E-state index is 12.0. The molecule has 0 aliphatic carbocycles. The second-order valence-corrected chi connectivity index (χ2v) is 4.49. The quantitative estimate of drug-likeness (QED) is 0.852. The molecule has 0 fully saturated rings. The summed E-state index contributed by atoms with van der Waals surface area (Å²) in [4.78, 5) is 26.7. The first-order chi connectivity index (χ1) is 9.49. The Morgan fingerprint density at radius 1 is 1.25 bits per heavy atom. The Bertz CT molecular complexity index is 686. The molecule has 0 bridgehead atoms. The van der Waals surface area contributed by atoms with E-state index in [1.54, 1.807) is 25.1 Å². The van der Waals surface area contributed by atoms with Gasteiger partial charge in [0.1, 0.15) is 5.15 Å². The highest BCUT2D eigenvalue weighted by Gasteiger charge is 2.12. The number of nitrogens with zero attached hydrogens (tertiary/aromatic N) is 1. The van der Waals surface area contributed by atoms with Crippen LogP contribution in [0, 0.1) is 6.92 Å². The first-order valence-electron chi connectivity index (χ1n) is 5.75. The summed E-state index contributed by atoms with van der Waals surface area (Å²) in [6, 6.07) is 7.73. The van der Waals surface area contributed by atoms with Crippen molar-refractivity contribution in [1.29, 1.82) is 0 Å². The second kappa shape index (κ2) is 5.71. The van der Waals surface area contributed by atoms with Crippen LogP contribution in [0.5, 0.6) is 0 Å². The van der Waals surface area contributed by atoms with Crippen molar-refractivity contribution in [2.75, 3.05) is 5.32 Å². The molecule has 102 valence electrons. The molecule has 2 rings (SSSR count). The number of halogens is 1. The number of nitrogens with one attached hydrogen (secondary N) is 1. The molecule has 1 aromatic heterocycles. The summed E-state index contributed by atoms with van der Waals surface area (Å²) < 4.78 is 0. The van der Waals surface area contributed by atoms with Gasteiger partial charge in [-0.3, -0.25) is 4.79 Å². The summed E-state index contributed by atoms with van der Waals surface area (Å²) in [6.07, 6.45) is 1.49. The van der Waals surface area contributed by atoms with E-state index >= 15 is 0 Å². The van der Waals surface area contributed by atoms with E-state index in [9.17, 15) is 9.59 Å². The van der Waals surface area contributed by atoms with Gasteiger partial charge in [0.2, 0.25) is 0 Å². The molecule has 6 heteroatoms. The highest BCUT2D eigenvalue weighted by molar-refractivity contribution is 6.33. The Balaban J connectivity index is 2.23. The molecule has 2 N–H and O–H groups in total. The molecule has 0 saturated carbocycles. The van der Waals surface area contributed by atoms with Gasteiger partial charge in [-0.2, -0.15) is 0 Å². The van der Waals surface area contributed by atoms with Crippen LogP contribution in [0.15, 0.2) is 36.5 Å². The maximum Gasteiger partial charge on any atom is 0.335 e. The minimum atomic E-state index is -1.00. The average molecular weight is 291 g/mol. The zero-order valence-corrected chi connectivity index (χ0v) is 11.3. The lowest BCUT2D eigenvalue weighted by Gasteiger charge is -2.08. The number of amides is 1. The Kier molecular flexibility index (Phi) is 4.00. The zero-order chi connectivity index (χ0) is 14.7. The Hall–Kier alpha value is -2.40. The second-order valence-electron chi connectivity index (χ2n) is 4.13. The SMILES string of the molecule is Cc1cc(NC(=O)c2cccnc2Cl)ccc1C(=O)O. The topological polar surface area (TPSA) is 79.3 Å². The normalized spacial score (nSPS) is 10.1. The van der Waals surface area contributed by atoms with E-state index in [-0.39, 0.29) is 16.3 Å². The van der Waals surface area contributed by atoms with Gasteiger partial charge in [0.05, 0.1) is 11.1 Å². The Morgan fingerprint density at radius 3 is 2.60 bits per heavy atom. The van der Waals surface area contributed by atoms with Crippen molar-refractivity contribution >= 4 is 29.2 Å². The van der Waals surface area contributed by atoms with Crippen LogP contribution in [0.2, 0.25) is 5.15 Å². The van der Waals surface area contributed by atoms with E-state index in [0.29, 0.717) is 11.3 Å². The van der Waals surface area contributed by atoms with Crippen molar-refractivity contribution < 1.29 is 14.7 Å². The number of carbonyl (C=O) groups is 2. The van der Waals surface area contributed by atoms with Gasteiger partial charge in [0.25, 0.3) is 5.91 Å². The number of aromatic carboxylic acids is 1. The van der Waals surface area contributed by atoms with Gasteiger partial charge in [-0.1, -0.05) is 11.6 Å². The predicted molar refractivity (Wildman–Crippen MR) is 75.3 cm³/mol. The van der Waals surface area contributed by atoms with Crippen molar-refractivity contribution in [3.05, 3.63) is 58.4 Å². The number of aryl methyl sites for hydroxylation is 1. The van der Waals surface area contributed by atoms with E-state index in [1.165, 1.54) is 18.3 Å². The number of rotatable bonds is 3. The van der Waals surface area contributed by atoms with E-state index in [4.69, 9.17) is 16.7 Å². The molecule has 0 aliphatic rings. The summed E-state index contributed by atoms with van der Waals surface area (Å²) in [5.41, 5.74) is 1.52. The largest absolute Gasteiger partial charge is 0.478 e. The average Bonchev–Trinajstić information content (AvgIpc) is 2.38. The smallest absolute Gasteiger partial charge is 0.335 e. The molecule has 1 aromatic carbocycles. The van der Waals surface area contributed by atoms with Crippen molar-refractivity contribution in [2.45, 2.75) is 6.92 Å². The van der Waals surface area contributed by atoms with Crippen LogP contribution in [0.3, 0.4) is 0 Å². The van der Waals surface area contributed by atoms with Crippen molar-refractivity contribution in [3.63, 3.8) is 0 Å². The van der Waals surface area contributed by atoms with E-state index < -0.39 is 11.9 Å². The van der Waals surface area contributed by atoms with Gasteiger partial charge in [-0.15, -0.1) is 0 Å². The fourth-order valence-electron chi connectivity index (χ4n) is 1.74. The van der Waals surface area contributed by atoms with Gasteiger partial charge in [-0.05, 0) is 42.8 Å². The van der Waals surface area contributed by atoms with Crippen LogP contribution in [-0.2, 0) is 0 Å². The summed E-state index contributed by atoms with van der Waals surface area (Å²) in [7, 11) is 0. The van der Waals surface area contributed by atoms with Crippen LogP contribution in [0.25, 0.3) is 0 Å². The molecular weight excluding hydrogens is 280 g/mol. The number of hydrogen-bond donors (Lipinski definition) is 2. The van der Waals surface area contributed by atoms with Crippen LogP contribution >= 0.6 is 11.6 Å². The monoisotopic (exact) mass is 290 g/mol. The first kappa shape index (κ1) is 14.0. The molecule has 0 unspecified atom stereocenters. The van der Waals surface area contributed by atoms with E-state index in [1.807, 2.05) is 0 Å². The molecule has 20 heavy (non-hydrogen) atoms. The fourth-order valence-corrected chi connectivity index (χ4v) is 1.94. The molecule has 0 saturated heterocycles. The summed E-state index contributed by atoms with van der Waals surface area (Å²) in [5, 5.41) is 11.7. The highest BCUT2D eigenvalue weighted by Crippen LogP contribution is 2.18. The minimum Gasteiger partial charge on any atom is -0.478 e. The number of aromatic nitrogens is 1. The van der Waals surface area contributed by atoms with Gasteiger partial charge < -0.3 is 10.4 Å². The third kappa shape index (κ3) is 2.95. The predicted octanol–water partition coefficient (Wildman–Crippen LogP) is 2.99. The molecule has 5 nitrogen and oxygen atoms in total. The summed E-state index contributed by atoms with van der Waals surface area (Å²) >= 11 is 5.83. The van der Waals surface area contributed by atoms with Crippen molar-refractivity contribution in [3.8, 4) is 0 Å². The van der Waals surface area contributed by atoms with Crippen molar-refractivity contribution in [2.24, 2.45) is 0 Å². The van der Waals surface area contributed by atoms with Gasteiger partial charge in [0.15, 0.2) is 0 Å².